The molecule has 1 fully saturated rings. The molecular formula is C29H35N5O4S. The molecule has 3 N–H and O–H groups in total. The van der Waals surface area contributed by atoms with Crippen LogP contribution in [0.25, 0.3) is 11.1 Å². The number of hydrogen-bond donors (Lipinski definition) is 3. The Morgan fingerprint density at radius 2 is 1.82 bits per heavy atom. The highest BCUT2D eigenvalue weighted by molar-refractivity contribution is 7.16. The number of aromatic nitrogens is 1. The largest absolute Gasteiger partial charge is 0.497 e. The van der Waals surface area contributed by atoms with E-state index in [4.69, 9.17) is 4.74 Å². The molecule has 1 aliphatic heterocycles. The second kappa shape index (κ2) is 10.7. The number of amides is 4. The van der Waals surface area contributed by atoms with Crippen molar-refractivity contribution in [3.05, 3.63) is 58.7 Å². The molecule has 2 aromatic heterocycles. The topological polar surface area (TPSA) is 113 Å². The normalized spacial score (nSPS) is 14.9. The van der Waals surface area contributed by atoms with Gasteiger partial charge in [-0.25, -0.2) is 4.79 Å². The quantitative estimate of drug-likeness (QED) is 0.393. The van der Waals surface area contributed by atoms with Crippen LogP contribution < -0.4 is 20.7 Å². The molecule has 3 aromatic rings. The molecule has 206 valence electrons. The molecule has 10 heteroatoms. The van der Waals surface area contributed by atoms with E-state index < -0.39 is 11.6 Å². The minimum absolute atomic E-state index is 0.209. The Bertz CT molecular complexity index is 1410. The number of ether oxygens (including phenoxy) is 1. The van der Waals surface area contributed by atoms with E-state index >= 15 is 0 Å². The molecule has 1 aromatic carbocycles. The van der Waals surface area contributed by atoms with Crippen LogP contribution >= 0.6 is 11.3 Å². The van der Waals surface area contributed by atoms with Crippen LogP contribution in [0, 0.1) is 6.92 Å². The molecule has 0 spiro atoms. The zero-order valence-electron chi connectivity index (χ0n) is 23.4. The summed E-state index contributed by atoms with van der Waals surface area (Å²) in [6, 6.07) is 8.80. The summed E-state index contributed by atoms with van der Waals surface area (Å²) in [7, 11) is 1.57. The van der Waals surface area contributed by atoms with Gasteiger partial charge in [0, 0.05) is 42.1 Å². The van der Waals surface area contributed by atoms with Crippen molar-refractivity contribution < 1.29 is 19.1 Å². The second-order valence-electron chi connectivity index (χ2n) is 11.0. The fourth-order valence-corrected chi connectivity index (χ4v) is 5.54. The lowest BCUT2D eigenvalue weighted by Gasteiger charge is -2.41. The molecule has 4 rings (SSSR count). The summed E-state index contributed by atoms with van der Waals surface area (Å²) < 4.78 is 5.49. The Morgan fingerprint density at radius 3 is 2.46 bits per heavy atom. The predicted octanol–water partition coefficient (Wildman–Crippen LogP) is 5.42. The smallest absolute Gasteiger partial charge is 0.324 e. The minimum atomic E-state index is -1.01. The Morgan fingerprint density at radius 1 is 1.13 bits per heavy atom. The second-order valence-corrected chi connectivity index (χ2v) is 12.1. The molecule has 39 heavy (non-hydrogen) atoms. The summed E-state index contributed by atoms with van der Waals surface area (Å²) >= 11 is 1.36. The van der Waals surface area contributed by atoms with E-state index in [0.717, 1.165) is 21.6 Å². The van der Waals surface area contributed by atoms with E-state index in [-0.39, 0.29) is 17.2 Å². The number of carbonyl (C=O) groups is 3. The number of rotatable bonds is 5. The number of thiophene rings is 1. The van der Waals surface area contributed by atoms with Gasteiger partial charge in [0.15, 0.2) is 0 Å². The van der Waals surface area contributed by atoms with Crippen molar-refractivity contribution in [1.82, 2.24) is 15.2 Å². The Labute approximate surface area is 233 Å². The maximum atomic E-state index is 13.8. The molecule has 0 unspecified atom stereocenters. The van der Waals surface area contributed by atoms with Crippen LogP contribution in [0.15, 0.2) is 42.7 Å². The number of urea groups is 1. The average molecular weight is 550 g/mol. The van der Waals surface area contributed by atoms with Gasteiger partial charge in [0.2, 0.25) is 5.91 Å². The lowest BCUT2D eigenvalue weighted by atomic mass is 9.93. The van der Waals surface area contributed by atoms with Crippen molar-refractivity contribution in [2.45, 2.75) is 52.5 Å². The number of benzene rings is 1. The first-order valence-electron chi connectivity index (χ1n) is 12.7. The number of nitrogens with zero attached hydrogens (tertiary/aromatic N) is 2. The van der Waals surface area contributed by atoms with Gasteiger partial charge in [-0.3, -0.25) is 19.9 Å². The third-order valence-electron chi connectivity index (χ3n) is 6.88. The van der Waals surface area contributed by atoms with Gasteiger partial charge in [-0.15, -0.1) is 11.3 Å². The Kier molecular flexibility index (Phi) is 7.70. The first-order valence-corrected chi connectivity index (χ1v) is 13.6. The first kappa shape index (κ1) is 28.1. The maximum absolute atomic E-state index is 13.8. The third-order valence-corrected chi connectivity index (χ3v) is 8.36. The first-order chi connectivity index (χ1) is 18.3. The monoisotopic (exact) mass is 549 g/mol. The van der Waals surface area contributed by atoms with Crippen LogP contribution in [-0.4, -0.2) is 53.5 Å². The van der Waals surface area contributed by atoms with E-state index in [9.17, 15) is 14.4 Å². The van der Waals surface area contributed by atoms with Crippen molar-refractivity contribution in [2.24, 2.45) is 0 Å². The number of nitrogens with one attached hydrogen (secondary N) is 3. The van der Waals surface area contributed by atoms with E-state index in [2.05, 4.69) is 41.7 Å². The van der Waals surface area contributed by atoms with E-state index in [0.29, 0.717) is 35.1 Å². The highest BCUT2D eigenvalue weighted by Gasteiger charge is 2.42. The van der Waals surface area contributed by atoms with Crippen LogP contribution in [0.3, 0.4) is 0 Å². The lowest BCUT2D eigenvalue weighted by molar-refractivity contribution is -0.133. The number of hydrogen-bond acceptors (Lipinski definition) is 6. The number of pyridine rings is 1. The fourth-order valence-electron chi connectivity index (χ4n) is 4.44. The van der Waals surface area contributed by atoms with Gasteiger partial charge in [0.25, 0.3) is 5.91 Å². The van der Waals surface area contributed by atoms with Crippen LogP contribution in [-0.2, 0) is 10.2 Å². The van der Waals surface area contributed by atoms with Crippen molar-refractivity contribution in [3.8, 4) is 16.9 Å². The molecule has 0 radical (unpaired) electrons. The predicted molar refractivity (Wildman–Crippen MR) is 155 cm³/mol. The van der Waals surface area contributed by atoms with Gasteiger partial charge in [-0.05, 0) is 67.1 Å². The molecular weight excluding hydrogens is 514 g/mol. The molecule has 1 saturated heterocycles. The third kappa shape index (κ3) is 5.75. The average Bonchev–Trinajstić information content (AvgIpc) is 3.31. The Balaban J connectivity index is 1.66. The molecule has 0 atom stereocenters. The Hall–Kier alpha value is -3.92. The van der Waals surface area contributed by atoms with Crippen LogP contribution in [0.5, 0.6) is 5.75 Å². The lowest BCUT2D eigenvalue weighted by Crippen LogP contribution is -2.63. The van der Waals surface area contributed by atoms with E-state index in [1.165, 1.54) is 11.3 Å². The summed E-state index contributed by atoms with van der Waals surface area (Å²) in [5.74, 6) is 0.0869. The van der Waals surface area contributed by atoms with E-state index in [1.807, 2.05) is 31.2 Å². The van der Waals surface area contributed by atoms with Crippen molar-refractivity contribution in [2.75, 3.05) is 30.8 Å². The van der Waals surface area contributed by atoms with E-state index in [1.54, 1.807) is 44.3 Å². The molecule has 3 heterocycles. The van der Waals surface area contributed by atoms with Crippen LogP contribution in [0.2, 0.25) is 0 Å². The summed E-state index contributed by atoms with van der Waals surface area (Å²) in [6.07, 6.45) is 3.42. The zero-order valence-corrected chi connectivity index (χ0v) is 24.2. The van der Waals surface area contributed by atoms with Gasteiger partial charge >= 0.3 is 6.03 Å². The number of piperazine rings is 1. The van der Waals surface area contributed by atoms with Crippen molar-refractivity contribution in [1.29, 1.82) is 0 Å². The molecule has 0 aliphatic carbocycles. The summed E-state index contributed by atoms with van der Waals surface area (Å²) in [5.41, 5.74) is 2.39. The number of anilines is 2. The molecule has 0 bridgehead atoms. The highest BCUT2D eigenvalue weighted by atomic mass is 32.1. The summed E-state index contributed by atoms with van der Waals surface area (Å²) in [6.45, 7) is 12.3. The number of carbonyl (C=O) groups excluding carboxylic acids is 3. The zero-order chi connectivity index (χ0) is 28.5. The van der Waals surface area contributed by atoms with Crippen molar-refractivity contribution >= 4 is 39.9 Å². The van der Waals surface area contributed by atoms with Gasteiger partial charge in [-0.1, -0.05) is 20.8 Å². The summed E-state index contributed by atoms with van der Waals surface area (Å²) in [4.78, 5) is 46.2. The molecule has 0 saturated carbocycles. The van der Waals surface area contributed by atoms with Crippen LogP contribution in [0.4, 0.5) is 15.5 Å². The number of methoxy groups -OCH3 is 1. The minimum Gasteiger partial charge on any atom is -0.497 e. The highest BCUT2D eigenvalue weighted by Crippen LogP contribution is 2.38. The standard InChI is InChI=1S/C29H35N5O4S/c1-17-20(18-8-10-30-11-9-18)14-19(38-7)15-22(17)32-27(37)33-24-21(16-23(39-24)28(2,3)4)25(35)34-13-12-31-26(36)29(34,5)6/h8-11,14-16H,12-13H2,1-7H3,(H,31,36)(H2,32,33,37). The van der Waals surface area contributed by atoms with Gasteiger partial charge in [0.1, 0.15) is 16.3 Å². The molecule has 1 aliphatic rings. The molecule has 4 amide bonds. The van der Waals surface area contributed by atoms with Crippen molar-refractivity contribution in [3.63, 3.8) is 0 Å². The SMILES string of the molecule is COc1cc(NC(=O)Nc2sc(C(C)(C)C)cc2C(=O)N2CCNC(=O)C2(C)C)c(C)c(-c2ccncc2)c1. The van der Waals surface area contributed by atoms with Gasteiger partial charge in [0.05, 0.1) is 12.7 Å². The van der Waals surface area contributed by atoms with Gasteiger partial charge in [-0.2, -0.15) is 0 Å². The molecule has 9 nitrogen and oxygen atoms in total. The fraction of sp³-hybridized carbons (Fsp3) is 0.379. The maximum Gasteiger partial charge on any atom is 0.324 e. The van der Waals surface area contributed by atoms with Crippen LogP contribution in [0.1, 0.15) is 55.4 Å². The van der Waals surface area contributed by atoms with Gasteiger partial charge < -0.3 is 20.3 Å². The summed E-state index contributed by atoms with van der Waals surface area (Å²) in [5, 5.41) is 9.09.